The fraction of sp³-hybridized carbons (Fsp3) is 0.455. The van der Waals surface area contributed by atoms with Gasteiger partial charge in [-0.25, -0.2) is 4.98 Å². The van der Waals surface area contributed by atoms with Crippen molar-refractivity contribution in [2.24, 2.45) is 30.5 Å². The summed E-state index contributed by atoms with van der Waals surface area (Å²) in [5, 5.41) is 1.24. The summed E-state index contributed by atoms with van der Waals surface area (Å²) in [5.74, 6) is 3.50. The highest BCUT2D eigenvalue weighted by atomic mass is 16.5. The number of benzene rings is 2. The highest BCUT2D eigenvalue weighted by molar-refractivity contribution is 6.00. The van der Waals surface area contributed by atoms with Crippen molar-refractivity contribution in [2.75, 3.05) is 13.7 Å². The number of aromatic nitrogens is 3. The lowest BCUT2D eigenvalue weighted by atomic mass is 10.1. The maximum atomic E-state index is 13.7. The summed E-state index contributed by atoms with van der Waals surface area (Å²) in [6.45, 7) is 1.75. The first-order valence-electron chi connectivity index (χ1n) is 14.9. The third-order valence-corrected chi connectivity index (χ3v) is 9.79. The molecule has 7 nitrogen and oxygen atoms in total. The minimum absolute atomic E-state index is 0.0321. The van der Waals surface area contributed by atoms with Crippen molar-refractivity contribution in [1.29, 1.82) is 0 Å². The van der Waals surface area contributed by atoms with Crippen molar-refractivity contribution in [1.82, 2.24) is 19.0 Å². The number of carbonyl (C=O) groups excluding carboxylic acids is 1. The van der Waals surface area contributed by atoms with Gasteiger partial charge in [0.15, 0.2) is 5.82 Å². The molecule has 0 spiro atoms. The minimum Gasteiger partial charge on any atom is -0.494 e. The number of likely N-dealkylation sites (tertiary alicyclic amines) is 1. The van der Waals surface area contributed by atoms with Gasteiger partial charge >= 0.3 is 0 Å². The SMILES string of the molecule is COc1cc(C(=O)N2C[C@H]3CCC2[C@H]3N)cc2nc(-c3cc4cc(/C=C/C5CC5)ccc4n3CC3CC3)n(C)c12. The number of fused-ring (bicyclic) bond motifs is 4. The van der Waals surface area contributed by atoms with E-state index < -0.39 is 0 Å². The van der Waals surface area contributed by atoms with Gasteiger partial charge in [0.05, 0.1) is 18.3 Å². The Morgan fingerprint density at radius 1 is 1.10 bits per heavy atom. The third-order valence-electron chi connectivity index (χ3n) is 9.79. The van der Waals surface area contributed by atoms with Crippen LogP contribution < -0.4 is 10.5 Å². The second-order valence-corrected chi connectivity index (χ2v) is 12.6. The van der Waals surface area contributed by atoms with Gasteiger partial charge in [0.1, 0.15) is 11.3 Å². The molecular formula is C33H37N5O2. The van der Waals surface area contributed by atoms with Crippen LogP contribution in [0, 0.1) is 17.8 Å². The molecule has 4 fully saturated rings. The van der Waals surface area contributed by atoms with Crippen molar-refractivity contribution in [3.8, 4) is 17.3 Å². The Balaban J connectivity index is 1.22. The van der Waals surface area contributed by atoms with Gasteiger partial charge in [-0.2, -0.15) is 0 Å². The summed E-state index contributed by atoms with van der Waals surface area (Å²) in [5.41, 5.74) is 12.3. The second-order valence-electron chi connectivity index (χ2n) is 12.6. The molecule has 4 aliphatic rings. The summed E-state index contributed by atoms with van der Waals surface area (Å²) >= 11 is 0. The van der Waals surface area contributed by atoms with E-state index in [4.69, 9.17) is 15.5 Å². The molecule has 3 atom stereocenters. The summed E-state index contributed by atoms with van der Waals surface area (Å²) < 4.78 is 10.4. The number of allylic oxidation sites excluding steroid dienone is 1. The van der Waals surface area contributed by atoms with E-state index in [2.05, 4.69) is 52.6 Å². The molecule has 2 N–H and O–H groups in total. The van der Waals surface area contributed by atoms with Gasteiger partial charge in [0.2, 0.25) is 0 Å². The molecule has 3 saturated carbocycles. The molecule has 0 radical (unpaired) electrons. The number of ether oxygens (including phenoxy) is 1. The van der Waals surface area contributed by atoms with E-state index in [9.17, 15) is 4.79 Å². The Hall–Kier alpha value is -3.58. The maximum absolute atomic E-state index is 13.7. The van der Waals surface area contributed by atoms with Crippen molar-refractivity contribution in [2.45, 2.75) is 57.2 Å². The number of carbonyl (C=O) groups is 1. The average Bonchev–Trinajstić information content (AvgIpc) is 3.87. The third kappa shape index (κ3) is 3.89. The molecule has 40 heavy (non-hydrogen) atoms. The lowest BCUT2D eigenvalue weighted by molar-refractivity contribution is 0.0700. The average molecular weight is 536 g/mol. The Bertz CT molecular complexity index is 1690. The van der Waals surface area contributed by atoms with E-state index in [0.717, 1.165) is 60.3 Å². The van der Waals surface area contributed by atoms with Gasteiger partial charge in [0.25, 0.3) is 5.91 Å². The van der Waals surface area contributed by atoms with E-state index in [1.807, 2.05) is 17.0 Å². The minimum atomic E-state index is 0.0321. The van der Waals surface area contributed by atoms with E-state index in [0.29, 0.717) is 17.2 Å². The molecule has 2 aromatic heterocycles. The number of nitrogens with two attached hydrogens (primary N) is 1. The van der Waals surface area contributed by atoms with Gasteiger partial charge in [-0.05, 0) is 92.2 Å². The number of amides is 1. The predicted octanol–water partition coefficient (Wildman–Crippen LogP) is 5.60. The molecule has 206 valence electrons. The number of piperidine rings is 1. The zero-order valence-electron chi connectivity index (χ0n) is 23.3. The van der Waals surface area contributed by atoms with Crippen LogP contribution >= 0.6 is 0 Å². The van der Waals surface area contributed by atoms with Crippen LogP contribution in [-0.4, -0.2) is 50.7 Å². The second kappa shape index (κ2) is 8.96. The number of imidazole rings is 1. The van der Waals surface area contributed by atoms with Crippen LogP contribution in [0.3, 0.4) is 0 Å². The first-order chi connectivity index (χ1) is 19.5. The molecule has 1 unspecified atom stereocenters. The van der Waals surface area contributed by atoms with Gasteiger partial charge in [0, 0.05) is 48.7 Å². The highest BCUT2D eigenvalue weighted by Gasteiger charge is 2.47. The summed E-state index contributed by atoms with van der Waals surface area (Å²) in [6.07, 6.45) is 11.9. The first kappa shape index (κ1) is 24.2. The molecule has 4 aromatic rings. The van der Waals surface area contributed by atoms with E-state index >= 15 is 0 Å². The van der Waals surface area contributed by atoms with E-state index in [-0.39, 0.29) is 18.0 Å². The molecule has 2 bridgehead atoms. The largest absolute Gasteiger partial charge is 0.494 e. The van der Waals surface area contributed by atoms with Crippen LogP contribution in [-0.2, 0) is 13.6 Å². The topological polar surface area (TPSA) is 78.3 Å². The van der Waals surface area contributed by atoms with Crippen LogP contribution in [0.15, 0.2) is 42.5 Å². The standard InChI is InChI=1S/C33H37N5O2/c1-36-31-25(14-24(16-29(31)40-2)33(39)38-18-22-10-12-27(38)30(22)34)35-32(36)28-15-23-13-20(6-5-19-3-4-19)9-11-26(23)37(28)17-21-7-8-21/h5-6,9,11,13-16,19,21-22,27,30H,3-4,7-8,10,12,17-18,34H2,1-2H3/b6-5+/t22-,27?,30+/m1/s1. The highest BCUT2D eigenvalue weighted by Crippen LogP contribution is 2.40. The molecule has 3 aliphatic carbocycles. The van der Waals surface area contributed by atoms with Crippen molar-refractivity contribution < 1.29 is 9.53 Å². The van der Waals surface area contributed by atoms with Gasteiger partial charge in [-0.1, -0.05) is 18.2 Å². The van der Waals surface area contributed by atoms with E-state index in [1.165, 1.54) is 42.1 Å². The lowest BCUT2D eigenvalue weighted by Gasteiger charge is -2.27. The van der Waals surface area contributed by atoms with E-state index in [1.54, 1.807) is 7.11 Å². The molecule has 7 heteroatoms. The Kier molecular flexibility index (Phi) is 5.43. The predicted molar refractivity (Wildman–Crippen MR) is 158 cm³/mol. The molecule has 1 aliphatic heterocycles. The number of hydrogen-bond donors (Lipinski definition) is 1. The molecule has 1 saturated heterocycles. The van der Waals surface area contributed by atoms with Crippen molar-refractivity contribution in [3.63, 3.8) is 0 Å². The Morgan fingerprint density at radius 2 is 1.95 bits per heavy atom. The van der Waals surface area contributed by atoms with Crippen LogP contribution in [0.4, 0.5) is 0 Å². The molecule has 1 amide bonds. The van der Waals surface area contributed by atoms with Gasteiger partial charge in [-0.3, -0.25) is 4.79 Å². The number of aryl methyl sites for hydroxylation is 1. The monoisotopic (exact) mass is 535 g/mol. The van der Waals surface area contributed by atoms with Crippen LogP contribution in [0.2, 0.25) is 0 Å². The molecular weight excluding hydrogens is 498 g/mol. The first-order valence-corrected chi connectivity index (χ1v) is 14.9. The smallest absolute Gasteiger partial charge is 0.254 e. The maximum Gasteiger partial charge on any atom is 0.254 e. The number of hydrogen-bond acceptors (Lipinski definition) is 4. The Labute approximate surface area is 234 Å². The summed E-state index contributed by atoms with van der Waals surface area (Å²) in [7, 11) is 3.72. The summed E-state index contributed by atoms with van der Waals surface area (Å²) in [4.78, 5) is 20.8. The van der Waals surface area contributed by atoms with Crippen molar-refractivity contribution >= 4 is 33.9 Å². The normalized spacial score (nSPS) is 24.3. The zero-order chi connectivity index (χ0) is 27.1. The number of nitrogens with zero attached hydrogens (tertiary/aromatic N) is 4. The quantitative estimate of drug-likeness (QED) is 0.334. The Morgan fingerprint density at radius 3 is 2.65 bits per heavy atom. The van der Waals surface area contributed by atoms with Gasteiger partial charge in [-0.15, -0.1) is 0 Å². The fourth-order valence-corrected chi connectivity index (χ4v) is 7.14. The summed E-state index contributed by atoms with van der Waals surface area (Å²) in [6, 6.07) is 13.1. The van der Waals surface area contributed by atoms with Crippen LogP contribution in [0.25, 0.3) is 39.5 Å². The number of methoxy groups -OCH3 is 1. The molecule has 8 rings (SSSR count). The zero-order valence-corrected chi connectivity index (χ0v) is 23.3. The van der Waals surface area contributed by atoms with Crippen LogP contribution in [0.1, 0.15) is 54.4 Å². The van der Waals surface area contributed by atoms with Gasteiger partial charge < -0.3 is 24.5 Å². The molecule has 2 aromatic carbocycles. The van der Waals surface area contributed by atoms with Crippen LogP contribution in [0.5, 0.6) is 5.75 Å². The van der Waals surface area contributed by atoms with Crippen molar-refractivity contribution in [3.05, 3.63) is 53.6 Å². The fourth-order valence-electron chi connectivity index (χ4n) is 7.14. The lowest BCUT2D eigenvalue weighted by Crippen LogP contribution is -2.41. The number of rotatable bonds is 7. The molecule has 3 heterocycles.